The van der Waals surface area contributed by atoms with E-state index in [1.807, 2.05) is 36.4 Å². The summed E-state index contributed by atoms with van der Waals surface area (Å²) in [5.74, 6) is 12.3. The topological polar surface area (TPSA) is 0 Å². The molecule has 1 heteroatoms. The third kappa shape index (κ3) is 7.59. The SMILES string of the molecule is CCCCCCc1ccc(C#Cc2ccc3c(F)c(C#Cc4ccc(CCCC)cc4)ccc3c2)cc1. The lowest BCUT2D eigenvalue weighted by molar-refractivity contribution is 0.636. The Kier molecular flexibility index (Phi) is 9.57. The van der Waals surface area contributed by atoms with Gasteiger partial charge in [-0.25, -0.2) is 4.39 Å². The number of fused-ring (bicyclic) bond motifs is 1. The van der Waals surface area contributed by atoms with Crippen molar-refractivity contribution in [2.45, 2.75) is 65.2 Å². The summed E-state index contributed by atoms with van der Waals surface area (Å²) in [4.78, 5) is 0. The zero-order chi connectivity index (χ0) is 25.9. The highest BCUT2D eigenvalue weighted by Gasteiger charge is 2.06. The Labute approximate surface area is 222 Å². The summed E-state index contributed by atoms with van der Waals surface area (Å²) in [6.07, 6.45) is 9.69. The molecule has 0 radical (unpaired) electrons. The van der Waals surface area contributed by atoms with Crippen LogP contribution in [0, 0.1) is 29.5 Å². The van der Waals surface area contributed by atoms with Crippen LogP contribution in [0.15, 0.2) is 78.9 Å². The van der Waals surface area contributed by atoms with Crippen LogP contribution in [0.4, 0.5) is 4.39 Å². The lowest BCUT2D eigenvalue weighted by Crippen LogP contribution is -1.88. The number of unbranched alkanes of at least 4 members (excludes halogenated alkanes) is 4. The molecule has 0 aliphatic carbocycles. The first-order valence-electron chi connectivity index (χ1n) is 13.6. The number of rotatable bonds is 8. The van der Waals surface area contributed by atoms with Gasteiger partial charge in [0.2, 0.25) is 0 Å². The molecule has 0 unspecified atom stereocenters. The van der Waals surface area contributed by atoms with E-state index in [9.17, 15) is 0 Å². The summed E-state index contributed by atoms with van der Waals surface area (Å²) >= 11 is 0. The van der Waals surface area contributed by atoms with Gasteiger partial charge in [-0.3, -0.25) is 0 Å². The first kappa shape index (κ1) is 26.3. The molecular formula is C36H35F. The van der Waals surface area contributed by atoms with E-state index in [0.29, 0.717) is 10.9 Å². The lowest BCUT2D eigenvalue weighted by atomic mass is 10.0. The number of aryl methyl sites for hydroxylation is 2. The van der Waals surface area contributed by atoms with Gasteiger partial charge in [-0.05, 0) is 84.7 Å². The first-order valence-corrected chi connectivity index (χ1v) is 13.6. The van der Waals surface area contributed by atoms with Gasteiger partial charge in [-0.1, -0.05) is 99.6 Å². The van der Waals surface area contributed by atoms with Gasteiger partial charge >= 0.3 is 0 Å². The van der Waals surface area contributed by atoms with Crippen LogP contribution in [0.1, 0.15) is 85.8 Å². The summed E-state index contributed by atoms with van der Waals surface area (Å²) in [6.45, 7) is 4.43. The molecular weight excluding hydrogens is 451 g/mol. The fraction of sp³-hybridized carbons (Fsp3) is 0.278. The molecule has 0 nitrogen and oxygen atoms in total. The molecule has 0 bridgehead atoms. The Morgan fingerprint density at radius 3 is 1.76 bits per heavy atom. The molecule has 0 saturated heterocycles. The quantitative estimate of drug-likeness (QED) is 0.172. The average Bonchev–Trinajstić information content (AvgIpc) is 2.94. The summed E-state index contributed by atoms with van der Waals surface area (Å²) in [7, 11) is 0. The van der Waals surface area contributed by atoms with Crippen LogP contribution < -0.4 is 0 Å². The monoisotopic (exact) mass is 486 g/mol. The maximum Gasteiger partial charge on any atom is 0.146 e. The molecule has 0 aromatic heterocycles. The zero-order valence-corrected chi connectivity index (χ0v) is 22.0. The van der Waals surface area contributed by atoms with Crippen LogP contribution in [-0.4, -0.2) is 0 Å². The van der Waals surface area contributed by atoms with E-state index < -0.39 is 0 Å². The van der Waals surface area contributed by atoms with E-state index >= 15 is 4.39 Å². The normalized spacial score (nSPS) is 10.5. The molecule has 0 saturated carbocycles. The Morgan fingerprint density at radius 2 is 1.11 bits per heavy atom. The molecule has 4 aromatic carbocycles. The van der Waals surface area contributed by atoms with Crippen LogP contribution in [0.25, 0.3) is 10.8 Å². The van der Waals surface area contributed by atoms with Gasteiger partial charge in [-0.15, -0.1) is 0 Å². The molecule has 0 aliphatic rings. The minimum absolute atomic E-state index is 0.279. The maximum absolute atomic E-state index is 15.2. The number of benzene rings is 4. The minimum atomic E-state index is -0.279. The van der Waals surface area contributed by atoms with Crippen molar-refractivity contribution in [1.82, 2.24) is 0 Å². The maximum atomic E-state index is 15.2. The van der Waals surface area contributed by atoms with Crippen molar-refractivity contribution in [2.24, 2.45) is 0 Å². The van der Waals surface area contributed by atoms with E-state index in [1.54, 1.807) is 6.07 Å². The molecule has 0 fully saturated rings. The van der Waals surface area contributed by atoms with Crippen molar-refractivity contribution in [3.63, 3.8) is 0 Å². The predicted molar refractivity (Wildman–Crippen MR) is 155 cm³/mol. The highest BCUT2D eigenvalue weighted by Crippen LogP contribution is 2.22. The second-order valence-corrected chi connectivity index (χ2v) is 9.67. The predicted octanol–water partition coefficient (Wildman–Crippen LogP) is 9.24. The lowest BCUT2D eigenvalue weighted by Gasteiger charge is -2.03. The largest absolute Gasteiger partial charge is 0.205 e. The Morgan fingerprint density at radius 1 is 0.541 bits per heavy atom. The standard InChI is InChI=1S/C36H35F/c1-3-5-7-8-10-29-13-15-30(16-14-29)19-20-32-22-26-35-34(27-32)25-24-33(36(35)37)23-21-31-17-11-28(12-18-31)9-6-4-2/h11-18,22,24-27H,3-10H2,1-2H3. The molecule has 0 spiro atoms. The zero-order valence-electron chi connectivity index (χ0n) is 22.0. The van der Waals surface area contributed by atoms with Crippen LogP contribution in [0.5, 0.6) is 0 Å². The van der Waals surface area contributed by atoms with Crippen LogP contribution in [0.3, 0.4) is 0 Å². The van der Waals surface area contributed by atoms with Crippen molar-refractivity contribution in [3.05, 3.63) is 118 Å². The van der Waals surface area contributed by atoms with Crippen LogP contribution >= 0.6 is 0 Å². The van der Waals surface area contributed by atoms with Crippen LogP contribution in [0.2, 0.25) is 0 Å². The third-order valence-corrected chi connectivity index (χ3v) is 6.69. The van der Waals surface area contributed by atoms with E-state index in [0.717, 1.165) is 34.9 Å². The second kappa shape index (κ2) is 13.5. The highest BCUT2D eigenvalue weighted by molar-refractivity contribution is 5.86. The second-order valence-electron chi connectivity index (χ2n) is 9.67. The van der Waals surface area contributed by atoms with Gasteiger partial charge in [0, 0.05) is 22.1 Å². The fourth-order valence-electron chi connectivity index (χ4n) is 4.40. The molecule has 4 rings (SSSR count). The van der Waals surface area contributed by atoms with Gasteiger partial charge in [0.25, 0.3) is 0 Å². The third-order valence-electron chi connectivity index (χ3n) is 6.69. The van der Waals surface area contributed by atoms with Gasteiger partial charge < -0.3 is 0 Å². The van der Waals surface area contributed by atoms with E-state index in [1.165, 1.54) is 49.7 Å². The Hall–Kier alpha value is -3.81. The van der Waals surface area contributed by atoms with Crippen LogP contribution in [-0.2, 0) is 12.8 Å². The molecule has 0 aliphatic heterocycles. The van der Waals surface area contributed by atoms with Crippen molar-refractivity contribution in [3.8, 4) is 23.7 Å². The fourth-order valence-corrected chi connectivity index (χ4v) is 4.40. The van der Waals surface area contributed by atoms with Gasteiger partial charge in [0.15, 0.2) is 0 Å². The molecule has 186 valence electrons. The molecule has 37 heavy (non-hydrogen) atoms. The number of halogens is 1. The first-order chi connectivity index (χ1) is 18.2. The summed E-state index contributed by atoms with van der Waals surface area (Å²) in [5.41, 5.74) is 5.86. The van der Waals surface area contributed by atoms with E-state index in [4.69, 9.17) is 0 Å². The molecule has 0 heterocycles. The molecule has 0 amide bonds. The van der Waals surface area contributed by atoms with Crippen molar-refractivity contribution < 1.29 is 4.39 Å². The van der Waals surface area contributed by atoms with E-state index in [-0.39, 0.29) is 5.82 Å². The molecule has 0 atom stereocenters. The number of hydrogen-bond donors (Lipinski definition) is 0. The van der Waals surface area contributed by atoms with Crippen molar-refractivity contribution in [2.75, 3.05) is 0 Å². The summed E-state index contributed by atoms with van der Waals surface area (Å²) in [5, 5.41) is 1.40. The van der Waals surface area contributed by atoms with E-state index in [2.05, 4.69) is 73.9 Å². The summed E-state index contributed by atoms with van der Waals surface area (Å²) < 4.78 is 15.2. The van der Waals surface area contributed by atoms with Crippen molar-refractivity contribution >= 4 is 10.8 Å². The van der Waals surface area contributed by atoms with Crippen molar-refractivity contribution in [1.29, 1.82) is 0 Å². The van der Waals surface area contributed by atoms with Gasteiger partial charge in [-0.2, -0.15) is 0 Å². The minimum Gasteiger partial charge on any atom is -0.205 e. The van der Waals surface area contributed by atoms with Gasteiger partial charge in [0.05, 0.1) is 5.56 Å². The summed E-state index contributed by atoms with van der Waals surface area (Å²) in [6, 6.07) is 26.1. The number of hydrogen-bond acceptors (Lipinski definition) is 0. The average molecular weight is 487 g/mol. The smallest absolute Gasteiger partial charge is 0.146 e. The molecule has 0 N–H and O–H groups in total. The Bertz CT molecular complexity index is 1440. The molecule has 4 aromatic rings. The highest BCUT2D eigenvalue weighted by atomic mass is 19.1. The van der Waals surface area contributed by atoms with Gasteiger partial charge in [0.1, 0.15) is 5.82 Å². The Balaban J connectivity index is 1.44.